The van der Waals surface area contributed by atoms with Gasteiger partial charge in [-0.1, -0.05) is 6.92 Å². The molecule has 16 heavy (non-hydrogen) atoms. The predicted octanol–water partition coefficient (Wildman–Crippen LogP) is 1.19. The molecule has 4 heteroatoms. The summed E-state index contributed by atoms with van der Waals surface area (Å²) in [5.74, 6) is 0. The molecule has 96 valence electrons. The highest BCUT2D eigenvalue weighted by molar-refractivity contribution is 4.97. The summed E-state index contributed by atoms with van der Waals surface area (Å²) >= 11 is 0. The molecule has 1 rings (SSSR count). The Morgan fingerprint density at radius 3 is 2.62 bits per heavy atom. The fraction of sp³-hybridized carbons (Fsp3) is 1.00. The van der Waals surface area contributed by atoms with Crippen LogP contribution in [0.1, 0.15) is 26.7 Å². The summed E-state index contributed by atoms with van der Waals surface area (Å²) in [5, 5.41) is 3.42. The van der Waals surface area contributed by atoms with Gasteiger partial charge in [-0.15, -0.1) is 0 Å². The largest absolute Gasteiger partial charge is 0.385 e. The minimum Gasteiger partial charge on any atom is -0.385 e. The molecular formula is C12H25NO3. The maximum atomic E-state index is 5.78. The van der Waals surface area contributed by atoms with Gasteiger partial charge in [-0.2, -0.15) is 0 Å². The molecule has 0 heterocycles. The fourth-order valence-electron chi connectivity index (χ4n) is 2.06. The van der Waals surface area contributed by atoms with Crippen LogP contribution >= 0.6 is 0 Å². The van der Waals surface area contributed by atoms with Crippen LogP contribution in [0.2, 0.25) is 0 Å². The highest BCUT2D eigenvalue weighted by Gasteiger charge is 2.41. The van der Waals surface area contributed by atoms with E-state index in [1.165, 1.54) is 0 Å². The van der Waals surface area contributed by atoms with Gasteiger partial charge in [0.1, 0.15) is 0 Å². The van der Waals surface area contributed by atoms with Gasteiger partial charge in [-0.25, -0.2) is 0 Å². The van der Waals surface area contributed by atoms with E-state index >= 15 is 0 Å². The fourth-order valence-corrected chi connectivity index (χ4v) is 2.06. The van der Waals surface area contributed by atoms with Crippen LogP contribution in [0, 0.1) is 0 Å². The van der Waals surface area contributed by atoms with Crippen molar-refractivity contribution in [2.45, 2.75) is 44.9 Å². The predicted molar refractivity (Wildman–Crippen MR) is 63.7 cm³/mol. The van der Waals surface area contributed by atoms with Gasteiger partial charge in [0.15, 0.2) is 0 Å². The minimum atomic E-state index is 0.229. The smallest absolute Gasteiger partial charge is 0.0990 e. The number of rotatable bonds is 9. The molecule has 1 aliphatic rings. The Morgan fingerprint density at radius 2 is 2.00 bits per heavy atom. The van der Waals surface area contributed by atoms with Crippen molar-refractivity contribution < 1.29 is 14.2 Å². The number of likely N-dealkylation sites (N-methyl/N-ethyl adjacent to an activating group) is 1. The molecule has 3 unspecified atom stereocenters. The molecule has 0 radical (unpaired) electrons. The molecule has 1 saturated carbocycles. The monoisotopic (exact) mass is 231 g/mol. The van der Waals surface area contributed by atoms with Gasteiger partial charge in [-0.3, -0.25) is 0 Å². The van der Waals surface area contributed by atoms with Crippen molar-refractivity contribution in [3.8, 4) is 0 Å². The van der Waals surface area contributed by atoms with E-state index in [2.05, 4.69) is 12.2 Å². The lowest BCUT2D eigenvalue weighted by atomic mass is 9.85. The summed E-state index contributed by atoms with van der Waals surface area (Å²) in [6.45, 7) is 7.43. The van der Waals surface area contributed by atoms with Gasteiger partial charge in [0.2, 0.25) is 0 Å². The average Bonchev–Trinajstić information content (AvgIpc) is 2.28. The zero-order chi connectivity index (χ0) is 11.8. The van der Waals surface area contributed by atoms with Gasteiger partial charge in [0, 0.05) is 33.0 Å². The molecule has 1 aliphatic carbocycles. The Balaban J connectivity index is 2.16. The van der Waals surface area contributed by atoms with Crippen LogP contribution in [-0.2, 0) is 14.2 Å². The average molecular weight is 231 g/mol. The minimum absolute atomic E-state index is 0.229. The molecule has 4 nitrogen and oxygen atoms in total. The third-order valence-electron chi connectivity index (χ3n) is 2.90. The lowest BCUT2D eigenvalue weighted by Gasteiger charge is -2.44. The lowest BCUT2D eigenvalue weighted by molar-refractivity contribution is -0.145. The first-order chi connectivity index (χ1) is 7.83. The second kappa shape index (κ2) is 8.01. The van der Waals surface area contributed by atoms with E-state index in [-0.39, 0.29) is 12.2 Å². The van der Waals surface area contributed by atoms with E-state index in [0.717, 1.165) is 39.2 Å². The van der Waals surface area contributed by atoms with Gasteiger partial charge in [0.25, 0.3) is 0 Å². The summed E-state index contributed by atoms with van der Waals surface area (Å²) in [7, 11) is 1.72. The molecule has 0 aromatic heterocycles. The SMILES string of the molecule is CCNC1CC(OCCCOC)C1OCC. The Bertz CT molecular complexity index is 178. The summed E-state index contributed by atoms with van der Waals surface area (Å²) in [6.07, 6.45) is 2.51. The summed E-state index contributed by atoms with van der Waals surface area (Å²) in [5.41, 5.74) is 0. The number of ether oxygens (including phenoxy) is 3. The summed E-state index contributed by atoms with van der Waals surface area (Å²) in [4.78, 5) is 0. The number of hydrogen-bond donors (Lipinski definition) is 1. The van der Waals surface area contributed by atoms with Crippen molar-refractivity contribution in [3.63, 3.8) is 0 Å². The standard InChI is InChI=1S/C12H25NO3/c1-4-13-10-9-11(12(10)15-5-2)16-8-6-7-14-3/h10-13H,4-9H2,1-3H3. The Labute approximate surface area is 98.6 Å². The van der Waals surface area contributed by atoms with Crippen LogP contribution in [-0.4, -0.2) is 51.7 Å². The lowest BCUT2D eigenvalue weighted by Crippen LogP contribution is -2.60. The van der Waals surface area contributed by atoms with Crippen LogP contribution in [0.4, 0.5) is 0 Å². The first kappa shape index (κ1) is 13.9. The van der Waals surface area contributed by atoms with Crippen molar-refractivity contribution in [1.29, 1.82) is 0 Å². The molecule has 0 aliphatic heterocycles. The third-order valence-corrected chi connectivity index (χ3v) is 2.90. The zero-order valence-electron chi connectivity index (χ0n) is 10.7. The quantitative estimate of drug-likeness (QED) is 0.605. The van der Waals surface area contributed by atoms with Crippen molar-refractivity contribution in [2.24, 2.45) is 0 Å². The van der Waals surface area contributed by atoms with Crippen LogP contribution < -0.4 is 5.32 Å². The molecule has 1 N–H and O–H groups in total. The number of nitrogens with one attached hydrogen (secondary N) is 1. The highest BCUT2D eigenvalue weighted by Crippen LogP contribution is 2.27. The third kappa shape index (κ3) is 4.01. The Morgan fingerprint density at radius 1 is 1.19 bits per heavy atom. The summed E-state index contributed by atoms with van der Waals surface area (Å²) < 4.78 is 16.5. The first-order valence-electron chi connectivity index (χ1n) is 6.29. The highest BCUT2D eigenvalue weighted by atomic mass is 16.5. The Kier molecular flexibility index (Phi) is 6.96. The Hall–Kier alpha value is -0.160. The first-order valence-corrected chi connectivity index (χ1v) is 6.29. The molecule has 0 spiro atoms. The molecule has 3 atom stereocenters. The molecule has 0 amide bonds. The van der Waals surface area contributed by atoms with Crippen LogP contribution in [0.25, 0.3) is 0 Å². The van der Waals surface area contributed by atoms with Crippen LogP contribution in [0.15, 0.2) is 0 Å². The number of methoxy groups -OCH3 is 1. The van der Waals surface area contributed by atoms with E-state index in [9.17, 15) is 0 Å². The van der Waals surface area contributed by atoms with Gasteiger partial charge < -0.3 is 19.5 Å². The van der Waals surface area contributed by atoms with Crippen molar-refractivity contribution in [3.05, 3.63) is 0 Å². The molecule has 0 aromatic carbocycles. The van der Waals surface area contributed by atoms with E-state index < -0.39 is 0 Å². The topological polar surface area (TPSA) is 39.7 Å². The molecule has 0 bridgehead atoms. The van der Waals surface area contributed by atoms with E-state index in [1.807, 2.05) is 6.92 Å². The summed E-state index contributed by atoms with van der Waals surface area (Å²) in [6, 6.07) is 0.470. The molecule has 0 saturated heterocycles. The normalized spacial score (nSPS) is 29.1. The van der Waals surface area contributed by atoms with Gasteiger partial charge >= 0.3 is 0 Å². The van der Waals surface area contributed by atoms with E-state index in [4.69, 9.17) is 14.2 Å². The maximum Gasteiger partial charge on any atom is 0.0990 e. The molecule has 0 aromatic rings. The van der Waals surface area contributed by atoms with Crippen LogP contribution in [0.3, 0.4) is 0 Å². The van der Waals surface area contributed by atoms with Crippen molar-refractivity contribution >= 4 is 0 Å². The number of hydrogen-bond acceptors (Lipinski definition) is 4. The molecule has 1 fully saturated rings. The van der Waals surface area contributed by atoms with E-state index in [0.29, 0.717) is 6.04 Å². The zero-order valence-corrected chi connectivity index (χ0v) is 10.7. The molecular weight excluding hydrogens is 206 g/mol. The van der Waals surface area contributed by atoms with Crippen molar-refractivity contribution in [2.75, 3.05) is 33.5 Å². The second-order valence-electron chi connectivity index (χ2n) is 4.08. The maximum absolute atomic E-state index is 5.78. The van der Waals surface area contributed by atoms with Gasteiger partial charge in [-0.05, 0) is 26.3 Å². The van der Waals surface area contributed by atoms with Crippen LogP contribution in [0.5, 0.6) is 0 Å². The second-order valence-corrected chi connectivity index (χ2v) is 4.08. The van der Waals surface area contributed by atoms with Gasteiger partial charge in [0.05, 0.1) is 12.2 Å². The van der Waals surface area contributed by atoms with E-state index in [1.54, 1.807) is 7.11 Å². The van der Waals surface area contributed by atoms with Crippen molar-refractivity contribution in [1.82, 2.24) is 5.32 Å².